The highest BCUT2D eigenvalue weighted by Gasteiger charge is 2.13. The maximum atomic E-state index is 9.42. The number of hydrogen-bond donors (Lipinski definition) is 2. The molecule has 0 saturated heterocycles. The Morgan fingerprint density at radius 3 is 1.43 bits per heavy atom. The molecule has 0 saturated carbocycles. The molecule has 0 aromatic rings. The van der Waals surface area contributed by atoms with Gasteiger partial charge in [-0.15, -0.1) is 23.7 Å². The average Bonchev–Trinajstić information content (AvgIpc) is 2.18. The highest BCUT2D eigenvalue weighted by atomic mass is 16.3. The van der Waals surface area contributed by atoms with Gasteiger partial charge in [-0.1, -0.05) is 13.8 Å². The monoisotopic (exact) mass is 194 g/mol. The molecule has 0 amide bonds. The lowest BCUT2D eigenvalue weighted by atomic mass is 10.1. The minimum Gasteiger partial charge on any atom is -0.389 e. The Labute approximate surface area is 86.3 Å². The number of rotatable bonds is 3. The zero-order valence-electron chi connectivity index (χ0n) is 8.88. The van der Waals surface area contributed by atoms with Crippen molar-refractivity contribution in [2.45, 2.75) is 51.7 Å². The van der Waals surface area contributed by atoms with E-state index in [2.05, 4.69) is 23.7 Å². The van der Waals surface area contributed by atoms with Crippen molar-refractivity contribution in [1.29, 1.82) is 0 Å². The quantitative estimate of drug-likeness (QED) is 0.665. The summed E-state index contributed by atoms with van der Waals surface area (Å²) in [7, 11) is 0. The van der Waals surface area contributed by atoms with Gasteiger partial charge < -0.3 is 10.2 Å². The van der Waals surface area contributed by atoms with Crippen molar-refractivity contribution in [3.8, 4) is 23.7 Å². The van der Waals surface area contributed by atoms with Gasteiger partial charge in [-0.25, -0.2) is 0 Å². The van der Waals surface area contributed by atoms with Crippen molar-refractivity contribution in [2.75, 3.05) is 0 Å². The first-order valence-electron chi connectivity index (χ1n) is 4.99. The van der Waals surface area contributed by atoms with Crippen LogP contribution in [0, 0.1) is 23.7 Å². The van der Waals surface area contributed by atoms with Crippen LogP contribution >= 0.6 is 0 Å². The molecule has 0 aliphatic carbocycles. The number of aliphatic hydroxyl groups is 2. The van der Waals surface area contributed by atoms with Crippen LogP contribution in [0.5, 0.6) is 0 Å². The molecule has 0 aromatic heterocycles. The van der Waals surface area contributed by atoms with Crippen LogP contribution in [0.1, 0.15) is 39.5 Å². The molecule has 14 heavy (non-hydrogen) atoms. The Hall–Kier alpha value is -0.960. The fourth-order valence-electron chi connectivity index (χ4n) is 0.876. The maximum absolute atomic E-state index is 9.42. The maximum Gasteiger partial charge on any atom is 0.0917 e. The number of aliphatic hydroxyl groups excluding tert-OH is 2. The summed E-state index contributed by atoms with van der Waals surface area (Å²) in [5, 5.41) is 18.8. The predicted molar refractivity (Wildman–Crippen MR) is 57.4 cm³/mol. The first-order chi connectivity index (χ1) is 6.72. The Morgan fingerprint density at radius 1 is 0.786 bits per heavy atom. The third-order valence-corrected chi connectivity index (χ3v) is 1.67. The molecule has 0 spiro atoms. The summed E-state index contributed by atoms with van der Waals surface area (Å²) in [6.07, 6.45) is 0.642. The van der Waals surface area contributed by atoms with Gasteiger partial charge in [0.2, 0.25) is 0 Å². The van der Waals surface area contributed by atoms with E-state index in [9.17, 15) is 10.2 Å². The van der Waals surface area contributed by atoms with E-state index < -0.39 is 12.2 Å². The zero-order chi connectivity index (χ0) is 10.8. The molecule has 0 fully saturated rings. The van der Waals surface area contributed by atoms with Gasteiger partial charge in [0.15, 0.2) is 0 Å². The highest BCUT2D eigenvalue weighted by molar-refractivity contribution is 5.03. The Bertz CT molecular complexity index is 221. The molecule has 0 radical (unpaired) electrons. The average molecular weight is 194 g/mol. The number of hydrogen-bond acceptors (Lipinski definition) is 2. The van der Waals surface area contributed by atoms with Gasteiger partial charge >= 0.3 is 0 Å². The largest absolute Gasteiger partial charge is 0.389 e. The summed E-state index contributed by atoms with van der Waals surface area (Å²) in [5.74, 6) is 11.3. The van der Waals surface area contributed by atoms with Crippen LogP contribution in [-0.4, -0.2) is 22.4 Å². The van der Waals surface area contributed by atoms with E-state index in [0.717, 1.165) is 12.8 Å². The van der Waals surface area contributed by atoms with Gasteiger partial charge in [0.25, 0.3) is 0 Å². The standard InChI is InChI=1S/C12H18O2/c1-3-5-7-9-11(13)12(14)10-8-6-4-2/h11-14H,3-4,9-10H2,1-2H3. The van der Waals surface area contributed by atoms with Gasteiger partial charge in [0.1, 0.15) is 0 Å². The Kier molecular flexibility index (Phi) is 8.04. The molecule has 0 bridgehead atoms. The molecular formula is C12H18O2. The van der Waals surface area contributed by atoms with E-state index in [1.807, 2.05) is 13.8 Å². The Morgan fingerprint density at radius 2 is 1.14 bits per heavy atom. The SMILES string of the molecule is CCC#CCC(O)C(O)CC#CCC. The molecule has 2 N–H and O–H groups in total. The van der Waals surface area contributed by atoms with E-state index in [1.54, 1.807) is 0 Å². The van der Waals surface area contributed by atoms with E-state index in [-0.39, 0.29) is 0 Å². The van der Waals surface area contributed by atoms with E-state index >= 15 is 0 Å². The molecule has 0 aliphatic heterocycles. The lowest BCUT2D eigenvalue weighted by Crippen LogP contribution is -2.24. The molecular weight excluding hydrogens is 176 g/mol. The van der Waals surface area contributed by atoms with E-state index in [1.165, 1.54) is 0 Å². The van der Waals surface area contributed by atoms with Crippen molar-refractivity contribution < 1.29 is 10.2 Å². The van der Waals surface area contributed by atoms with Crippen molar-refractivity contribution >= 4 is 0 Å². The first-order valence-corrected chi connectivity index (χ1v) is 4.99. The smallest absolute Gasteiger partial charge is 0.0917 e. The summed E-state index contributed by atoms with van der Waals surface area (Å²) in [6.45, 7) is 3.89. The van der Waals surface area contributed by atoms with Gasteiger partial charge in [0, 0.05) is 25.7 Å². The zero-order valence-corrected chi connectivity index (χ0v) is 8.88. The third-order valence-electron chi connectivity index (χ3n) is 1.67. The molecule has 0 aromatic carbocycles. The molecule has 2 nitrogen and oxygen atoms in total. The molecule has 0 heterocycles. The van der Waals surface area contributed by atoms with Crippen LogP contribution in [-0.2, 0) is 0 Å². The first kappa shape index (κ1) is 13.0. The van der Waals surface area contributed by atoms with E-state index in [0.29, 0.717) is 12.8 Å². The second-order valence-corrected chi connectivity index (χ2v) is 2.96. The topological polar surface area (TPSA) is 40.5 Å². The summed E-state index contributed by atoms with van der Waals surface area (Å²) in [5.41, 5.74) is 0. The lowest BCUT2D eigenvalue weighted by Gasteiger charge is -2.11. The minimum atomic E-state index is -0.778. The van der Waals surface area contributed by atoms with Gasteiger partial charge in [0.05, 0.1) is 12.2 Å². The molecule has 2 atom stereocenters. The second-order valence-electron chi connectivity index (χ2n) is 2.96. The predicted octanol–water partition coefficient (Wildman–Crippen LogP) is 1.32. The molecule has 2 heteroatoms. The van der Waals surface area contributed by atoms with Crippen LogP contribution in [0.25, 0.3) is 0 Å². The Balaban J connectivity index is 3.80. The van der Waals surface area contributed by atoms with Gasteiger partial charge in [-0.2, -0.15) is 0 Å². The second kappa shape index (κ2) is 8.63. The molecule has 78 valence electrons. The van der Waals surface area contributed by atoms with Crippen LogP contribution in [0.15, 0.2) is 0 Å². The van der Waals surface area contributed by atoms with E-state index in [4.69, 9.17) is 0 Å². The lowest BCUT2D eigenvalue weighted by molar-refractivity contribution is 0.0264. The molecule has 0 aliphatic rings. The van der Waals surface area contributed by atoms with Crippen molar-refractivity contribution in [3.63, 3.8) is 0 Å². The fraction of sp³-hybridized carbons (Fsp3) is 0.667. The molecule has 2 unspecified atom stereocenters. The van der Waals surface area contributed by atoms with Crippen LogP contribution < -0.4 is 0 Å². The summed E-state index contributed by atoms with van der Waals surface area (Å²) >= 11 is 0. The van der Waals surface area contributed by atoms with Crippen LogP contribution in [0.4, 0.5) is 0 Å². The van der Waals surface area contributed by atoms with Gasteiger partial charge in [-0.3, -0.25) is 0 Å². The normalized spacial score (nSPS) is 13.1. The minimum absolute atomic E-state index is 0.322. The van der Waals surface area contributed by atoms with Crippen molar-refractivity contribution in [2.24, 2.45) is 0 Å². The van der Waals surface area contributed by atoms with Crippen LogP contribution in [0.2, 0.25) is 0 Å². The van der Waals surface area contributed by atoms with Crippen molar-refractivity contribution in [3.05, 3.63) is 0 Å². The molecule has 0 rings (SSSR count). The highest BCUT2D eigenvalue weighted by Crippen LogP contribution is 2.01. The summed E-state index contributed by atoms with van der Waals surface area (Å²) in [6, 6.07) is 0. The van der Waals surface area contributed by atoms with Crippen molar-refractivity contribution in [1.82, 2.24) is 0 Å². The van der Waals surface area contributed by atoms with Gasteiger partial charge in [-0.05, 0) is 0 Å². The fourth-order valence-corrected chi connectivity index (χ4v) is 0.876. The summed E-state index contributed by atoms with van der Waals surface area (Å²) in [4.78, 5) is 0. The van der Waals surface area contributed by atoms with Crippen LogP contribution in [0.3, 0.4) is 0 Å². The summed E-state index contributed by atoms with van der Waals surface area (Å²) < 4.78 is 0. The third kappa shape index (κ3) is 6.54.